The Hall–Kier alpha value is -3.49. The molecule has 0 saturated carbocycles. The van der Waals surface area contributed by atoms with Gasteiger partial charge in [-0.1, -0.05) is 12.1 Å². The molecule has 0 radical (unpaired) electrons. The molecule has 3 aliphatic heterocycles. The van der Waals surface area contributed by atoms with Crippen molar-refractivity contribution >= 4 is 25.2 Å². The van der Waals surface area contributed by atoms with E-state index in [4.69, 9.17) is 10.1 Å². The van der Waals surface area contributed by atoms with Crippen LogP contribution in [0.2, 0.25) is 0 Å². The SMILES string of the molecule is B/C(=N\C(=N)C1=CNC2C=CC(C3=CN=C3c3c(F)cccc3F)=CN12)OC. The van der Waals surface area contributed by atoms with Crippen LogP contribution >= 0.6 is 0 Å². The number of nitrogens with one attached hydrogen (secondary N) is 2. The number of aliphatic imine (C=N–C) groups is 2. The second-order valence-electron chi connectivity index (χ2n) is 6.29. The van der Waals surface area contributed by atoms with Gasteiger partial charge in [0.2, 0.25) is 7.85 Å². The smallest absolute Gasteiger partial charge is 0.211 e. The molecule has 6 nitrogen and oxygen atoms in total. The Kier molecular flexibility index (Phi) is 4.42. The van der Waals surface area contributed by atoms with Gasteiger partial charge < -0.3 is 15.0 Å². The van der Waals surface area contributed by atoms with Gasteiger partial charge in [0.05, 0.1) is 18.4 Å². The highest BCUT2D eigenvalue weighted by atomic mass is 19.1. The molecule has 4 rings (SSSR count). The summed E-state index contributed by atoms with van der Waals surface area (Å²) in [5.41, 5.74) is 2.05. The molecule has 0 aromatic heterocycles. The van der Waals surface area contributed by atoms with E-state index < -0.39 is 11.6 Å². The number of allylic oxidation sites excluding steroid dienone is 3. The Labute approximate surface area is 161 Å². The van der Waals surface area contributed by atoms with Gasteiger partial charge in [-0.15, -0.1) is 0 Å². The molecule has 1 unspecified atom stereocenters. The molecule has 0 spiro atoms. The van der Waals surface area contributed by atoms with E-state index in [-0.39, 0.29) is 23.3 Å². The van der Waals surface area contributed by atoms with E-state index in [0.29, 0.717) is 17.1 Å². The molecule has 3 heterocycles. The van der Waals surface area contributed by atoms with Gasteiger partial charge in [-0.05, 0) is 18.2 Å². The third kappa shape index (κ3) is 2.94. The van der Waals surface area contributed by atoms with Gasteiger partial charge in [0.25, 0.3) is 0 Å². The first-order valence-corrected chi connectivity index (χ1v) is 8.55. The summed E-state index contributed by atoms with van der Waals surface area (Å²) in [5.74, 6) is -0.900. The van der Waals surface area contributed by atoms with Crippen LogP contribution in [0.25, 0.3) is 0 Å². The molecule has 1 aromatic carbocycles. The number of hydrogen-bond acceptors (Lipinski definition) is 5. The molecular formula is C19H16BF2N5O. The van der Waals surface area contributed by atoms with Gasteiger partial charge in [0.15, 0.2) is 5.84 Å². The number of rotatable bonds is 3. The Morgan fingerprint density at radius 3 is 2.75 bits per heavy atom. The summed E-state index contributed by atoms with van der Waals surface area (Å²) in [6.07, 6.45) is 8.67. The van der Waals surface area contributed by atoms with Crippen LogP contribution in [0.5, 0.6) is 0 Å². The maximum atomic E-state index is 14.1. The highest BCUT2D eigenvalue weighted by Gasteiger charge is 2.31. The lowest BCUT2D eigenvalue weighted by Crippen LogP contribution is -2.35. The molecule has 1 aromatic rings. The van der Waals surface area contributed by atoms with Gasteiger partial charge in [0.1, 0.15) is 29.3 Å². The Morgan fingerprint density at radius 1 is 1.36 bits per heavy atom. The summed E-state index contributed by atoms with van der Waals surface area (Å²) in [6.45, 7) is 0. The van der Waals surface area contributed by atoms with Crippen molar-refractivity contribution in [1.82, 2.24) is 10.2 Å². The molecule has 140 valence electrons. The minimum Gasteiger partial charge on any atom is -0.494 e. The van der Waals surface area contributed by atoms with Crippen molar-refractivity contribution < 1.29 is 13.5 Å². The van der Waals surface area contributed by atoms with Gasteiger partial charge in [-0.3, -0.25) is 10.4 Å². The van der Waals surface area contributed by atoms with Crippen molar-refractivity contribution in [3.8, 4) is 0 Å². The number of ether oxygens (including phenoxy) is 1. The largest absolute Gasteiger partial charge is 0.494 e. The van der Waals surface area contributed by atoms with Crippen molar-refractivity contribution in [3.05, 3.63) is 83.0 Å². The molecule has 0 saturated heterocycles. The first-order chi connectivity index (χ1) is 13.5. The Morgan fingerprint density at radius 2 is 2.11 bits per heavy atom. The van der Waals surface area contributed by atoms with E-state index in [2.05, 4.69) is 15.3 Å². The lowest BCUT2D eigenvalue weighted by molar-refractivity contribution is 0.408. The van der Waals surface area contributed by atoms with Crippen molar-refractivity contribution in [1.29, 1.82) is 5.41 Å². The molecule has 2 N–H and O–H groups in total. The number of methoxy groups -OCH3 is 1. The standard InChI is InChI=1S/C19H16BF2N5O/c1-28-19(20)26-18(23)14-8-24-15-6-5-10(9-27(14)15)11-7-25-17(11)16-12(21)3-2-4-13(16)22/h2-9,15,23-24H,20H2,1H3/b23-18?,26-19+. The maximum Gasteiger partial charge on any atom is 0.211 e. The van der Waals surface area contributed by atoms with Crippen LogP contribution in [0.3, 0.4) is 0 Å². The van der Waals surface area contributed by atoms with Crippen molar-refractivity contribution in [2.45, 2.75) is 6.17 Å². The fraction of sp³-hybridized carbons (Fsp3) is 0.105. The fourth-order valence-electron chi connectivity index (χ4n) is 3.09. The van der Waals surface area contributed by atoms with Gasteiger partial charge in [-0.25, -0.2) is 13.8 Å². The molecule has 0 bridgehead atoms. The maximum absolute atomic E-state index is 14.1. The van der Waals surface area contributed by atoms with Crippen LogP contribution < -0.4 is 5.32 Å². The van der Waals surface area contributed by atoms with Crippen molar-refractivity contribution in [2.24, 2.45) is 9.98 Å². The summed E-state index contributed by atoms with van der Waals surface area (Å²) in [4.78, 5) is 10.0. The molecule has 0 amide bonds. The van der Waals surface area contributed by atoms with E-state index in [1.165, 1.54) is 25.3 Å². The number of hydrogen-bond donors (Lipinski definition) is 2. The zero-order valence-corrected chi connectivity index (χ0v) is 15.2. The zero-order valence-electron chi connectivity index (χ0n) is 15.2. The third-order valence-electron chi connectivity index (χ3n) is 4.60. The monoisotopic (exact) mass is 379 g/mol. The highest BCUT2D eigenvalue weighted by Crippen LogP contribution is 2.32. The Bertz CT molecular complexity index is 1030. The molecular weight excluding hydrogens is 363 g/mol. The normalized spacial score (nSPS) is 20.3. The molecule has 9 heteroatoms. The van der Waals surface area contributed by atoms with Gasteiger partial charge in [-0.2, -0.15) is 0 Å². The summed E-state index contributed by atoms with van der Waals surface area (Å²) in [7, 11) is 3.15. The molecule has 28 heavy (non-hydrogen) atoms. The predicted octanol–water partition coefficient (Wildman–Crippen LogP) is 1.79. The zero-order chi connectivity index (χ0) is 19.8. The lowest BCUT2D eigenvalue weighted by Gasteiger charge is -2.29. The molecule has 0 fully saturated rings. The second-order valence-corrected chi connectivity index (χ2v) is 6.29. The lowest BCUT2D eigenvalue weighted by atomic mass is 9.91. The first kappa shape index (κ1) is 17.9. The second kappa shape index (κ2) is 6.92. The average molecular weight is 379 g/mol. The van der Waals surface area contributed by atoms with E-state index in [9.17, 15) is 8.78 Å². The van der Waals surface area contributed by atoms with Crippen LogP contribution in [-0.2, 0) is 4.74 Å². The first-order valence-electron chi connectivity index (χ1n) is 8.55. The predicted molar refractivity (Wildman–Crippen MR) is 106 cm³/mol. The Balaban J connectivity index is 1.61. The average Bonchev–Trinajstić information content (AvgIpc) is 3.07. The minimum absolute atomic E-state index is 0.0388. The number of benzene rings is 1. The topological polar surface area (TPSA) is 73.1 Å². The van der Waals surface area contributed by atoms with E-state index in [1.807, 2.05) is 23.3 Å². The number of nitrogens with zero attached hydrogens (tertiary/aromatic N) is 3. The van der Waals surface area contributed by atoms with E-state index in [0.717, 1.165) is 5.57 Å². The summed E-state index contributed by atoms with van der Waals surface area (Å²) < 4.78 is 33.3. The van der Waals surface area contributed by atoms with Gasteiger partial charge >= 0.3 is 0 Å². The van der Waals surface area contributed by atoms with Gasteiger partial charge in [0, 0.05) is 29.7 Å². The number of fused-ring (bicyclic) bond motifs is 1. The number of halogens is 2. The fourth-order valence-corrected chi connectivity index (χ4v) is 3.09. The molecule has 3 aliphatic rings. The van der Waals surface area contributed by atoms with E-state index in [1.54, 1.807) is 20.2 Å². The quantitative estimate of drug-likeness (QED) is 0.478. The van der Waals surface area contributed by atoms with Crippen LogP contribution in [0.1, 0.15) is 5.56 Å². The number of amidine groups is 1. The molecule has 1 atom stereocenters. The highest BCUT2D eigenvalue weighted by molar-refractivity contribution is 6.57. The van der Waals surface area contributed by atoms with Crippen molar-refractivity contribution in [2.75, 3.05) is 7.11 Å². The summed E-state index contributed by atoms with van der Waals surface area (Å²) in [6, 6.07) is 3.74. The summed E-state index contributed by atoms with van der Waals surface area (Å²) >= 11 is 0. The minimum atomic E-state index is -0.655. The van der Waals surface area contributed by atoms with Crippen molar-refractivity contribution in [3.63, 3.8) is 0 Å². The molecule has 0 aliphatic carbocycles. The summed E-state index contributed by atoms with van der Waals surface area (Å²) in [5, 5.41) is 11.3. The van der Waals surface area contributed by atoms with E-state index >= 15 is 0 Å². The van der Waals surface area contributed by atoms with Crippen LogP contribution in [0.15, 0.2) is 75.8 Å². The van der Waals surface area contributed by atoms with Crippen LogP contribution in [-0.4, -0.2) is 43.4 Å². The van der Waals surface area contributed by atoms with Crippen LogP contribution in [0, 0.1) is 17.0 Å². The van der Waals surface area contributed by atoms with Crippen LogP contribution in [0.4, 0.5) is 8.78 Å². The third-order valence-corrected chi connectivity index (χ3v) is 4.60.